The molecule has 160 valence electrons. The Morgan fingerprint density at radius 1 is 1.10 bits per heavy atom. The molecule has 0 radical (unpaired) electrons. The molecule has 0 aliphatic rings. The van der Waals surface area contributed by atoms with Crippen LogP contribution in [-0.2, 0) is 6.42 Å². The molecule has 0 saturated carbocycles. The number of hydrogen-bond acceptors (Lipinski definition) is 4. The summed E-state index contributed by atoms with van der Waals surface area (Å²) in [7, 11) is 0. The minimum absolute atomic E-state index is 0.180. The van der Waals surface area contributed by atoms with Crippen LogP contribution in [0, 0.1) is 22.1 Å². The van der Waals surface area contributed by atoms with Crippen LogP contribution < -0.4 is 10.6 Å². The number of pyridine rings is 1. The zero-order valence-corrected chi connectivity index (χ0v) is 18.5. The number of hydrogen-bond donors (Lipinski definition) is 3. The number of carbonyl (C=O) groups is 2. The van der Waals surface area contributed by atoms with Gasteiger partial charge < -0.3 is 15.7 Å². The van der Waals surface area contributed by atoms with Gasteiger partial charge in [0.2, 0.25) is 0 Å². The van der Waals surface area contributed by atoms with Crippen LogP contribution in [0.25, 0.3) is 0 Å². The third kappa shape index (κ3) is 5.35. The standard InChI is InChI=1S/C22H18F2IN3O3/c1-12-10-13(25)5-6-17(12)28-20-16(11-15(22(30)31)18(23)19(20)24)21(29)27-9-7-14-4-2-3-8-26-14/h2-6,8,10-11,28H,7,9H2,1H3,(H,27,29)(H,30,31). The van der Waals surface area contributed by atoms with E-state index < -0.39 is 34.8 Å². The Bertz CT molecular complexity index is 1140. The highest BCUT2D eigenvalue weighted by Gasteiger charge is 2.26. The Kier molecular flexibility index (Phi) is 7.16. The number of amides is 1. The quantitative estimate of drug-likeness (QED) is 0.381. The molecule has 0 aliphatic heterocycles. The summed E-state index contributed by atoms with van der Waals surface area (Å²) < 4.78 is 30.1. The normalized spacial score (nSPS) is 10.6. The number of nitrogens with zero attached hydrogens (tertiary/aromatic N) is 1. The number of anilines is 2. The van der Waals surface area contributed by atoms with Crippen LogP contribution in [0.1, 0.15) is 32.0 Å². The van der Waals surface area contributed by atoms with Gasteiger partial charge in [-0.15, -0.1) is 0 Å². The van der Waals surface area contributed by atoms with E-state index in [2.05, 4.69) is 38.2 Å². The maximum Gasteiger partial charge on any atom is 0.338 e. The number of halogens is 3. The maximum atomic E-state index is 14.8. The van der Waals surface area contributed by atoms with Crippen LogP contribution in [0.3, 0.4) is 0 Å². The van der Waals surface area contributed by atoms with Crippen LogP contribution in [0.15, 0.2) is 48.7 Å². The summed E-state index contributed by atoms with van der Waals surface area (Å²) in [5.74, 6) is -5.38. The molecule has 0 saturated heterocycles. The van der Waals surface area contributed by atoms with E-state index in [1.165, 1.54) is 0 Å². The molecular formula is C22H18F2IN3O3. The van der Waals surface area contributed by atoms with Crippen molar-refractivity contribution in [2.45, 2.75) is 13.3 Å². The summed E-state index contributed by atoms with van der Waals surface area (Å²) >= 11 is 2.12. The Balaban J connectivity index is 1.94. The summed E-state index contributed by atoms with van der Waals surface area (Å²) in [6.07, 6.45) is 2.04. The molecule has 0 aliphatic carbocycles. The zero-order chi connectivity index (χ0) is 22.5. The number of carboxylic acids is 1. The average Bonchev–Trinajstić information content (AvgIpc) is 2.73. The summed E-state index contributed by atoms with van der Waals surface area (Å²) in [6.45, 7) is 1.95. The van der Waals surface area contributed by atoms with Crippen LogP contribution in [0.5, 0.6) is 0 Å². The molecule has 0 spiro atoms. The molecule has 0 atom stereocenters. The van der Waals surface area contributed by atoms with Crippen molar-refractivity contribution in [1.82, 2.24) is 10.3 Å². The molecule has 2 aromatic carbocycles. The van der Waals surface area contributed by atoms with Crippen molar-refractivity contribution < 1.29 is 23.5 Å². The van der Waals surface area contributed by atoms with Crippen LogP contribution >= 0.6 is 22.6 Å². The first-order chi connectivity index (χ1) is 14.8. The lowest BCUT2D eigenvalue weighted by atomic mass is 10.0. The minimum atomic E-state index is -1.67. The highest BCUT2D eigenvalue weighted by Crippen LogP contribution is 2.30. The molecule has 1 heterocycles. The van der Waals surface area contributed by atoms with Crippen LogP contribution in [0.2, 0.25) is 0 Å². The molecule has 0 unspecified atom stereocenters. The number of carbonyl (C=O) groups excluding carboxylic acids is 1. The monoisotopic (exact) mass is 537 g/mol. The Morgan fingerprint density at radius 2 is 1.87 bits per heavy atom. The van der Waals surface area contributed by atoms with Gasteiger partial charge in [-0.05, 0) is 71.5 Å². The van der Waals surface area contributed by atoms with Crippen molar-refractivity contribution in [2.75, 3.05) is 11.9 Å². The predicted molar refractivity (Wildman–Crippen MR) is 121 cm³/mol. The van der Waals surface area contributed by atoms with E-state index in [0.29, 0.717) is 12.1 Å². The van der Waals surface area contributed by atoms with Gasteiger partial charge in [0.25, 0.3) is 5.91 Å². The van der Waals surface area contributed by atoms with Crippen molar-refractivity contribution in [3.63, 3.8) is 0 Å². The number of aryl methyl sites for hydroxylation is 1. The Hall–Kier alpha value is -3.08. The summed E-state index contributed by atoms with van der Waals surface area (Å²) in [4.78, 5) is 28.3. The van der Waals surface area contributed by atoms with E-state index in [-0.39, 0.29) is 12.1 Å². The molecule has 3 aromatic rings. The van der Waals surface area contributed by atoms with Crippen molar-refractivity contribution in [2.24, 2.45) is 0 Å². The SMILES string of the molecule is Cc1cc(I)ccc1Nc1c(C(=O)NCCc2ccccn2)cc(C(=O)O)c(F)c1F. The van der Waals surface area contributed by atoms with E-state index in [4.69, 9.17) is 0 Å². The second kappa shape index (κ2) is 9.82. The molecule has 1 aromatic heterocycles. The number of benzene rings is 2. The molecular weight excluding hydrogens is 519 g/mol. The van der Waals surface area contributed by atoms with Crippen molar-refractivity contribution in [3.05, 3.63) is 86.3 Å². The van der Waals surface area contributed by atoms with Gasteiger partial charge >= 0.3 is 5.97 Å². The van der Waals surface area contributed by atoms with E-state index in [1.807, 2.05) is 12.1 Å². The maximum absolute atomic E-state index is 14.8. The zero-order valence-electron chi connectivity index (χ0n) is 16.4. The fourth-order valence-corrected chi connectivity index (χ4v) is 3.58. The van der Waals surface area contributed by atoms with Crippen LogP contribution in [-0.4, -0.2) is 28.5 Å². The van der Waals surface area contributed by atoms with Gasteiger partial charge in [0.05, 0.1) is 16.8 Å². The van der Waals surface area contributed by atoms with Gasteiger partial charge in [-0.1, -0.05) is 6.07 Å². The third-order valence-corrected chi connectivity index (χ3v) is 5.19. The highest BCUT2D eigenvalue weighted by molar-refractivity contribution is 14.1. The number of aromatic nitrogens is 1. The van der Waals surface area contributed by atoms with E-state index in [0.717, 1.165) is 20.9 Å². The fourth-order valence-electron chi connectivity index (χ4n) is 2.93. The van der Waals surface area contributed by atoms with E-state index >= 15 is 0 Å². The lowest BCUT2D eigenvalue weighted by molar-refractivity contribution is 0.0690. The Labute approximate surface area is 190 Å². The topological polar surface area (TPSA) is 91.3 Å². The molecule has 3 N–H and O–H groups in total. The van der Waals surface area contributed by atoms with Gasteiger partial charge in [-0.3, -0.25) is 9.78 Å². The van der Waals surface area contributed by atoms with Crippen molar-refractivity contribution >= 4 is 45.8 Å². The lowest BCUT2D eigenvalue weighted by Gasteiger charge is -2.16. The first-order valence-corrected chi connectivity index (χ1v) is 10.3. The van der Waals surface area contributed by atoms with Gasteiger partial charge in [0.1, 0.15) is 0 Å². The summed E-state index contributed by atoms with van der Waals surface area (Å²) in [6, 6.07) is 11.5. The Morgan fingerprint density at radius 3 is 2.52 bits per heavy atom. The average molecular weight is 537 g/mol. The number of rotatable bonds is 7. The number of nitrogens with one attached hydrogen (secondary N) is 2. The lowest BCUT2D eigenvalue weighted by Crippen LogP contribution is -2.27. The third-order valence-electron chi connectivity index (χ3n) is 4.52. The fraction of sp³-hybridized carbons (Fsp3) is 0.136. The molecule has 1 amide bonds. The van der Waals surface area contributed by atoms with Gasteiger partial charge in [0.15, 0.2) is 11.6 Å². The first-order valence-electron chi connectivity index (χ1n) is 9.24. The largest absolute Gasteiger partial charge is 0.478 e. The van der Waals surface area contributed by atoms with Gasteiger partial charge in [0, 0.05) is 34.1 Å². The highest BCUT2D eigenvalue weighted by atomic mass is 127. The number of aromatic carboxylic acids is 1. The molecule has 31 heavy (non-hydrogen) atoms. The second-order valence-electron chi connectivity index (χ2n) is 6.69. The molecule has 9 heteroatoms. The number of carboxylic acid groups (broad SMARTS) is 1. The van der Waals surface area contributed by atoms with E-state index in [1.54, 1.807) is 37.4 Å². The first kappa shape index (κ1) is 22.6. The molecule has 6 nitrogen and oxygen atoms in total. The van der Waals surface area contributed by atoms with Crippen molar-refractivity contribution in [3.8, 4) is 0 Å². The van der Waals surface area contributed by atoms with Crippen LogP contribution in [0.4, 0.5) is 20.2 Å². The smallest absolute Gasteiger partial charge is 0.338 e. The van der Waals surface area contributed by atoms with E-state index in [9.17, 15) is 23.5 Å². The molecule has 0 bridgehead atoms. The van der Waals surface area contributed by atoms with Crippen molar-refractivity contribution in [1.29, 1.82) is 0 Å². The summed E-state index contributed by atoms with van der Waals surface area (Å²) in [5.41, 5.74) is 0.293. The molecule has 0 fully saturated rings. The minimum Gasteiger partial charge on any atom is -0.478 e. The predicted octanol–water partition coefficient (Wildman–Crippen LogP) is 4.69. The molecule has 3 rings (SSSR count). The van der Waals surface area contributed by atoms with Gasteiger partial charge in [-0.2, -0.15) is 0 Å². The van der Waals surface area contributed by atoms with Gasteiger partial charge in [-0.25, -0.2) is 13.6 Å². The second-order valence-corrected chi connectivity index (χ2v) is 7.94. The summed E-state index contributed by atoms with van der Waals surface area (Å²) in [5, 5.41) is 14.6.